The normalized spacial score (nSPS) is 18.2. The van der Waals surface area contributed by atoms with Crippen molar-refractivity contribution < 1.29 is 8.42 Å². The van der Waals surface area contributed by atoms with Gasteiger partial charge in [-0.25, -0.2) is 12.7 Å². The third-order valence-electron chi connectivity index (χ3n) is 3.98. The standard InChI is InChI=1S/C15H23BrN2O2S/c1-3-18(21(2,19)20)10-4-9-17-15-8-5-12-11-13(16)6-7-14(12)15/h6-7,11,15,17H,3-5,8-10H2,1-2H3. The SMILES string of the molecule is CCN(CCCNC1CCc2cc(Br)ccc21)S(C)(=O)=O. The monoisotopic (exact) mass is 374 g/mol. The fraction of sp³-hybridized carbons (Fsp3) is 0.600. The van der Waals surface area contributed by atoms with E-state index in [4.69, 9.17) is 0 Å². The van der Waals surface area contributed by atoms with Crippen LogP contribution in [0.3, 0.4) is 0 Å². The van der Waals surface area contributed by atoms with Gasteiger partial charge in [0.05, 0.1) is 6.26 Å². The first-order valence-corrected chi connectivity index (χ1v) is 10.0. The van der Waals surface area contributed by atoms with Gasteiger partial charge in [0, 0.05) is 23.6 Å². The molecule has 0 amide bonds. The number of benzene rings is 1. The van der Waals surface area contributed by atoms with Crippen molar-refractivity contribution in [2.24, 2.45) is 0 Å². The molecular weight excluding hydrogens is 352 g/mol. The van der Waals surface area contributed by atoms with Gasteiger partial charge in [0.15, 0.2) is 0 Å². The van der Waals surface area contributed by atoms with Crippen LogP contribution in [0, 0.1) is 0 Å². The predicted molar refractivity (Wildman–Crippen MR) is 89.9 cm³/mol. The maximum absolute atomic E-state index is 11.5. The molecule has 21 heavy (non-hydrogen) atoms. The van der Waals surface area contributed by atoms with Gasteiger partial charge in [0.25, 0.3) is 0 Å². The average molecular weight is 375 g/mol. The first-order valence-electron chi connectivity index (χ1n) is 7.38. The van der Waals surface area contributed by atoms with Crippen LogP contribution in [0.5, 0.6) is 0 Å². The van der Waals surface area contributed by atoms with E-state index in [0.717, 1.165) is 30.3 Å². The number of hydrogen-bond donors (Lipinski definition) is 1. The van der Waals surface area contributed by atoms with Gasteiger partial charge in [0.2, 0.25) is 10.0 Å². The van der Waals surface area contributed by atoms with Crippen molar-refractivity contribution in [1.82, 2.24) is 9.62 Å². The quantitative estimate of drug-likeness (QED) is 0.746. The maximum atomic E-state index is 11.5. The van der Waals surface area contributed by atoms with Crippen molar-refractivity contribution >= 4 is 26.0 Å². The van der Waals surface area contributed by atoms with E-state index in [1.165, 1.54) is 21.7 Å². The van der Waals surface area contributed by atoms with Gasteiger partial charge in [-0.1, -0.05) is 28.9 Å². The van der Waals surface area contributed by atoms with Crippen molar-refractivity contribution in [3.05, 3.63) is 33.8 Å². The molecule has 1 aliphatic rings. The first kappa shape index (κ1) is 16.9. The molecule has 118 valence electrons. The number of rotatable bonds is 7. The van der Waals surface area contributed by atoms with Crippen molar-refractivity contribution in [3.8, 4) is 0 Å². The van der Waals surface area contributed by atoms with Gasteiger partial charge in [-0.15, -0.1) is 0 Å². The van der Waals surface area contributed by atoms with E-state index in [1.54, 1.807) is 0 Å². The predicted octanol–water partition coefficient (Wildman–Crippen LogP) is 2.70. The van der Waals surface area contributed by atoms with Crippen molar-refractivity contribution in [3.63, 3.8) is 0 Å². The number of halogens is 1. The summed E-state index contributed by atoms with van der Waals surface area (Å²) in [6, 6.07) is 6.86. The van der Waals surface area contributed by atoms with Gasteiger partial charge in [-0.2, -0.15) is 0 Å². The van der Waals surface area contributed by atoms with Gasteiger partial charge in [-0.3, -0.25) is 0 Å². The molecule has 0 radical (unpaired) electrons. The molecule has 0 saturated heterocycles. The molecule has 0 aromatic heterocycles. The molecule has 0 aliphatic heterocycles. The Labute approximate surface area is 136 Å². The summed E-state index contributed by atoms with van der Waals surface area (Å²) in [5.74, 6) is 0. The molecule has 0 saturated carbocycles. The highest BCUT2D eigenvalue weighted by molar-refractivity contribution is 9.10. The smallest absolute Gasteiger partial charge is 0.211 e. The zero-order chi connectivity index (χ0) is 15.5. The highest BCUT2D eigenvalue weighted by Crippen LogP contribution is 2.32. The van der Waals surface area contributed by atoms with Gasteiger partial charge >= 0.3 is 0 Å². The number of hydrogen-bond acceptors (Lipinski definition) is 3. The van der Waals surface area contributed by atoms with E-state index >= 15 is 0 Å². The minimum Gasteiger partial charge on any atom is -0.310 e. The van der Waals surface area contributed by atoms with E-state index in [2.05, 4.69) is 39.4 Å². The lowest BCUT2D eigenvalue weighted by molar-refractivity contribution is 0.410. The zero-order valence-electron chi connectivity index (χ0n) is 12.6. The maximum Gasteiger partial charge on any atom is 0.211 e. The van der Waals surface area contributed by atoms with Crippen LogP contribution in [0.15, 0.2) is 22.7 Å². The van der Waals surface area contributed by atoms with Crippen LogP contribution in [0.4, 0.5) is 0 Å². The summed E-state index contributed by atoms with van der Waals surface area (Å²) in [6.45, 7) is 3.84. The van der Waals surface area contributed by atoms with Crippen LogP contribution in [-0.4, -0.2) is 38.6 Å². The summed E-state index contributed by atoms with van der Waals surface area (Å²) in [7, 11) is -3.07. The number of sulfonamides is 1. The lowest BCUT2D eigenvalue weighted by Crippen LogP contribution is -2.32. The van der Waals surface area contributed by atoms with Crippen LogP contribution in [0.1, 0.15) is 36.9 Å². The minimum absolute atomic E-state index is 0.404. The Bertz CT molecular complexity index is 589. The highest BCUT2D eigenvalue weighted by Gasteiger charge is 2.22. The Kier molecular flexibility index (Phi) is 5.82. The molecule has 1 aromatic carbocycles. The largest absolute Gasteiger partial charge is 0.310 e. The summed E-state index contributed by atoms with van der Waals surface area (Å²) in [5.41, 5.74) is 2.79. The number of nitrogens with zero attached hydrogens (tertiary/aromatic N) is 1. The third-order valence-corrected chi connectivity index (χ3v) is 5.85. The van der Waals surface area contributed by atoms with Crippen LogP contribution in [0.25, 0.3) is 0 Å². The number of fused-ring (bicyclic) bond motifs is 1. The van der Waals surface area contributed by atoms with Crippen molar-refractivity contribution in [2.45, 2.75) is 32.2 Å². The Morgan fingerprint density at radius 3 is 2.86 bits per heavy atom. The number of aryl methyl sites for hydroxylation is 1. The lowest BCUT2D eigenvalue weighted by atomic mass is 10.1. The second-order valence-electron chi connectivity index (χ2n) is 5.50. The van der Waals surface area contributed by atoms with E-state index in [-0.39, 0.29) is 0 Å². The summed E-state index contributed by atoms with van der Waals surface area (Å²) in [6.07, 6.45) is 4.34. The zero-order valence-corrected chi connectivity index (χ0v) is 15.0. The summed E-state index contributed by atoms with van der Waals surface area (Å²) in [4.78, 5) is 0. The fourth-order valence-electron chi connectivity index (χ4n) is 2.89. The minimum atomic E-state index is -3.07. The van der Waals surface area contributed by atoms with Gasteiger partial charge in [-0.05, 0) is 49.1 Å². The van der Waals surface area contributed by atoms with E-state index in [1.807, 2.05) is 6.92 Å². The van der Waals surface area contributed by atoms with Crippen molar-refractivity contribution in [2.75, 3.05) is 25.9 Å². The highest BCUT2D eigenvalue weighted by atomic mass is 79.9. The molecular formula is C15H23BrN2O2S. The van der Waals surface area contributed by atoms with E-state index < -0.39 is 10.0 Å². The molecule has 1 aromatic rings. The lowest BCUT2D eigenvalue weighted by Gasteiger charge is -2.19. The first-order chi connectivity index (χ1) is 9.91. The second-order valence-corrected chi connectivity index (χ2v) is 8.39. The molecule has 1 aliphatic carbocycles. The van der Waals surface area contributed by atoms with Crippen LogP contribution in [0.2, 0.25) is 0 Å². The number of nitrogens with one attached hydrogen (secondary N) is 1. The molecule has 1 unspecified atom stereocenters. The Balaban J connectivity index is 1.81. The molecule has 0 heterocycles. The second kappa shape index (κ2) is 7.22. The molecule has 2 rings (SSSR count). The Hall–Kier alpha value is -0.430. The average Bonchev–Trinajstić information content (AvgIpc) is 2.79. The molecule has 4 nitrogen and oxygen atoms in total. The van der Waals surface area contributed by atoms with Crippen LogP contribution < -0.4 is 5.32 Å². The Morgan fingerprint density at radius 2 is 2.19 bits per heavy atom. The Morgan fingerprint density at radius 1 is 1.43 bits per heavy atom. The topological polar surface area (TPSA) is 49.4 Å². The van der Waals surface area contributed by atoms with Gasteiger partial charge < -0.3 is 5.32 Å². The molecule has 1 N–H and O–H groups in total. The molecule has 0 fully saturated rings. The van der Waals surface area contributed by atoms with Crippen molar-refractivity contribution in [1.29, 1.82) is 0 Å². The molecule has 1 atom stereocenters. The molecule has 0 bridgehead atoms. The third kappa shape index (κ3) is 4.52. The van der Waals surface area contributed by atoms with Crippen LogP contribution in [-0.2, 0) is 16.4 Å². The molecule has 6 heteroatoms. The van der Waals surface area contributed by atoms with E-state index in [9.17, 15) is 8.42 Å². The van der Waals surface area contributed by atoms with Crippen LogP contribution >= 0.6 is 15.9 Å². The van der Waals surface area contributed by atoms with E-state index in [0.29, 0.717) is 19.1 Å². The fourth-order valence-corrected chi connectivity index (χ4v) is 4.23. The summed E-state index contributed by atoms with van der Waals surface area (Å²) in [5, 5.41) is 3.55. The summed E-state index contributed by atoms with van der Waals surface area (Å²) >= 11 is 3.51. The molecule has 0 spiro atoms. The summed E-state index contributed by atoms with van der Waals surface area (Å²) < 4.78 is 25.7. The van der Waals surface area contributed by atoms with Gasteiger partial charge in [0.1, 0.15) is 0 Å².